The average Bonchev–Trinajstić information content (AvgIpc) is 3.48. The Balaban J connectivity index is 1.38. The maximum absolute atomic E-state index is 14.3. The molecule has 0 aliphatic carbocycles. The molecular weight excluding hydrogens is 613 g/mol. The van der Waals surface area contributed by atoms with Crippen LogP contribution in [0, 0.1) is 18.3 Å². The third-order valence-corrected chi connectivity index (χ3v) is 8.97. The average molecular weight is 639 g/mol. The van der Waals surface area contributed by atoms with E-state index in [9.17, 15) is 23.2 Å². The molecule has 1 saturated heterocycles. The molecule has 0 unspecified atom stereocenters. The number of thiophene rings is 1. The van der Waals surface area contributed by atoms with Crippen LogP contribution >= 0.6 is 22.9 Å². The van der Waals surface area contributed by atoms with Gasteiger partial charge in [0.2, 0.25) is 0 Å². The van der Waals surface area contributed by atoms with Crippen molar-refractivity contribution in [3.05, 3.63) is 80.3 Å². The summed E-state index contributed by atoms with van der Waals surface area (Å²) < 4.78 is 51.4. The summed E-state index contributed by atoms with van der Waals surface area (Å²) in [6.07, 6.45) is -3.03. The number of hydrogen-bond acceptors (Lipinski definition) is 8. The SMILES string of the molecule is Cc1nc2cc(C(F)(F)F)c(N3CCN(C)CC3)c(C#N)c2c(=O)n1CCOc1ccc(Cl)cc1-c1ccnc2ccsc12. The number of ether oxygens (including phenoxy) is 1. The minimum Gasteiger partial charge on any atom is -0.491 e. The molecule has 4 heterocycles. The maximum atomic E-state index is 14.3. The number of piperazine rings is 1. The lowest BCUT2D eigenvalue weighted by Gasteiger charge is -2.36. The quantitative estimate of drug-likeness (QED) is 0.214. The van der Waals surface area contributed by atoms with Crippen LogP contribution in [-0.4, -0.2) is 59.3 Å². The molecule has 0 saturated carbocycles. The zero-order valence-corrected chi connectivity index (χ0v) is 25.4. The third-order valence-electron chi connectivity index (χ3n) is 7.80. The van der Waals surface area contributed by atoms with E-state index in [4.69, 9.17) is 16.3 Å². The molecule has 0 atom stereocenters. The molecule has 226 valence electrons. The highest BCUT2D eigenvalue weighted by Gasteiger charge is 2.38. The molecule has 3 aromatic heterocycles. The van der Waals surface area contributed by atoms with Crippen LogP contribution in [0.25, 0.3) is 32.2 Å². The van der Waals surface area contributed by atoms with Gasteiger partial charge in [0.05, 0.1) is 44.5 Å². The molecule has 1 fully saturated rings. The molecule has 0 spiro atoms. The number of alkyl halides is 3. The predicted molar refractivity (Wildman–Crippen MR) is 166 cm³/mol. The zero-order chi connectivity index (χ0) is 31.2. The van der Waals surface area contributed by atoms with E-state index in [2.05, 4.69) is 9.97 Å². The summed E-state index contributed by atoms with van der Waals surface area (Å²) in [7, 11) is 1.88. The number of benzene rings is 2. The van der Waals surface area contributed by atoms with Gasteiger partial charge in [0.25, 0.3) is 5.56 Å². The third kappa shape index (κ3) is 5.47. The van der Waals surface area contributed by atoms with E-state index in [1.165, 1.54) is 4.57 Å². The molecule has 0 amide bonds. The second-order valence-electron chi connectivity index (χ2n) is 10.5. The van der Waals surface area contributed by atoms with Crippen molar-refractivity contribution in [3.63, 3.8) is 0 Å². The Morgan fingerprint density at radius 3 is 2.59 bits per heavy atom. The van der Waals surface area contributed by atoms with Crippen LogP contribution in [0.3, 0.4) is 0 Å². The summed E-state index contributed by atoms with van der Waals surface area (Å²) in [5.41, 5.74) is 0.200. The topological polar surface area (TPSA) is 87.3 Å². The van der Waals surface area contributed by atoms with Gasteiger partial charge in [-0.15, -0.1) is 11.3 Å². The van der Waals surface area contributed by atoms with Gasteiger partial charge < -0.3 is 14.5 Å². The van der Waals surface area contributed by atoms with Crippen LogP contribution in [-0.2, 0) is 12.7 Å². The van der Waals surface area contributed by atoms with Crippen molar-refractivity contribution in [1.82, 2.24) is 19.4 Å². The minimum atomic E-state index is -4.74. The lowest BCUT2D eigenvalue weighted by molar-refractivity contribution is -0.137. The number of likely N-dealkylation sites (N-methyl/N-ethyl adjacent to an activating group) is 1. The van der Waals surface area contributed by atoms with Crippen molar-refractivity contribution in [2.45, 2.75) is 19.6 Å². The van der Waals surface area contributed by atoms with Crippen molar-refractivity contribution >= 4 is 49.7 Å². The maximum Gasteiger partial charge on any atom is 0.418 e. The Morgan fingerprint density at radius 2 is 1.86 bits per heavy atom. The Bertz CT molecular complexity index is 1990. The Kier molecular flexibility index (Phi) is 7.96. The number of nitrogens with zero attached hydrogens (tertiary/aromatic N) is 6. The highest BCUT2D eigenvalue weighted by Crippen LogP contribution is 2.42. The first-order valence-electron chi connectivity index (χ1n) is 13.8. The fourth-order valence-electron chi connectivity index (χ4n) is 5.60. The van der Waals surface area contributed by atoms with Crippen LogP contribution in [0.2, 0.25) is 5.02 Å². The number of hydrogen-bond donors (Lipinski definition) is 0. The van der Waals surface area contributed by atoms with E-state index in [1.807, 2.05) is 35.5 Å². The van der Waals surface area contributed by atoms with Gasteiger partial charge in [-0.1, -0.05) is 11.6 Å². The van der Waals surface area contributed by atoms with E-state index >= 15 is 0 Å². The minimum absolute atomic E-state index is 0.0507. The molecule has 0 radical (unpaired) electrons. The molecule has 44 heavy (non-hydrogen) atoms. The first kappa shape index (κ1) is 29.9. The lowest BCUT2D eigenvalue weighted by Crippen LogP contribution is -2.45. The van der Waals surface area contributed by atoms with E-state index in [1.54, 1.807) is 47.6 Å². The summed E-state index contributed by atoms with van der Waals surface area (Å²) in [6.45, 7) is 3.29. The van der Waals surface area contributed by atoms with Gasteiger partial charge in [0, 0.05) is 48.5 Å². The van der Waals surface area contributed by atoms with Crippen LogP contribution in [0.15, 0.2) is 52.8 Å². The lowest BCUT2D eigenvalue weighted by atomic mass is 10.00. The van der Waals surface area contributed by atoms with Gasteiger partial charge in [-0.2, -0.15) is 18.4 Å². The number of fused-ring (bicyclic) bond motifs is 2. The second kappa shape index (κ2) is 11.7. The molecule has 6 rings (SSSR count). The molecule has 1 aliphatic heterocycles. The smallest absolute Gasteiger partial charge is 0.418 e. The number of aryl methyl sites for hydroxylation is 1. The molecule has 0 N–H and O–H groups in total. The first-order chi connectivity index (χ1) is 21.1. The number of halogens is 4. The van der Waals surface area contributed by atoms with Crippen molar-refractivity contribution in [3.8, 4) is 22.9 Å². The van der Waals surface area contributed by atoms with Gasteiger partial charge >= 0.3 is 6.18 Å². The highest BCUT2D eigenvalue weighted by atomic mass is 35.5. The summed E-state index contributed by atoms with van der Waals surface area (Å²) in [5, 5.41) is 12.5. The van der Waals surface area contributed by atoms with E-state index in [-0.39, 0.29) is 41.1 Å². The highest BCUT2D eigenvalue weighted by molar-refractivity contribution is 7.17. The fraction of sp³-hybridized carbons (Fsp3) is 0.290. The van der Waals surface area contributed by atoms with Gasteiger partial charge in [0.15, 0.2) is 0 Å². The summed E-state index contributed by atoms with van der Waals surface area (Å²) >= 11 is 7.89. The number of pyridine rings is 1. The van der Waals surface area contributed by atoms with Crippen LogP contribution in [0.5, 0.6) is 5.75 Å². The van der Waals surface area contributed by atoms with Gasteiger partial charge in [-0.05, 0) is 55.7 Å². The van der Waals surface area contributed by atoms with Crippen LogP contribution in [0.1, 0.15) is 17.0 Å². The normalized spacial score (nSPS) is 14.3. The summed E-state index contributed by atoms with van der Waals surface area (Å²) in [4.78, 5) is 26.1. The zero-order valence-electron chi connectivity index (χ0n) is 23.8. The van der Waals surface area contributed by atoms with Crippen molar-refractivity contribution in [1.29, 1.82) is 5.26 Å². The molecular formula is C31H26ClF3N6O2S. The largest absolute Gasteiger partial charge is 0.491 e. The Morgan fingerprint density at radius 1 is 1.09 bits per heavy atom. The number of nitriles is 1. The second-order valence-corrected chi connectivity index (χ2v) is 11.9. The predicted octanol–water partition coefficient (Wildman–Crippen LogP) is 6.36. The van der Waals surface area contributed by atoms with Crippen molar-refractivity contribution in [2.24, 2.45) is 0 Å². The van der Waals surface area contributed by atoms with Crippen molar-refractivity contribution in [2.75, 3.05) is 44.7 Å². The number of rotatable bonds is 6. The molecule has 13 heteroatoms. The van der Waals surface area contributed by atoms with Gasteiger partial charge in [-0.3, -0.25) is 14.3 Å². The molecule has 5 aromatic rings. The molecule has 8 nitrogen and oxygen atoms in total. The standard InChI is InChI=1S/C31H26ClF3N6O2S/c1-18-38-25-16-23(31(33,34)35)28(40-10-8-39(2)9-11-40)22(17-36)27(25)30(42)41(18)12-13-43-26-4-3-19(32)15-21(26)20-5-7-37-24-6-14-44-29(20)24/h3-7,14-16H,8-13H2,1-2H3. The molecule has 1 aliphatic rings. The Hall–Kier alpha value is -4.18. The molecule has 2 aromatic carbocycles. The Labute approximate surface area is 259 Å². The van der Waals surface area contributed by atoms with E-state index < -0.39 is 17.3 Å². The monoisotopic (exact) mass is 638 g/mol. The number of aromatic nitrogens is 3. The fourth-order valence-corrected chi connectivity index (χ4v) is 6.65. The first-order valence-corrected chi connectivity index (χ1v) is 15.1. The van der Waals surface area contributed by atoms with Crippen molar-refractivity contribution < 1.29 is 17.9 Å². The van der Waals surface area contributed by atoms with Crippen LogP contribution < -0.4 is 15.2 Å². The number of anilines is 1. The summed E-state index contributed by atoms with van der Waals surface area (Å²) in [6, 6.07) is 11.9. The van der Waals surface area contributed by atoms with E-state index in [0.29, 0.717) is 37.0 Å². The molecule has 0 bridgehead atoms. The van der Waals surface area contributed by atoms with Gasteiger partial charge in [-0.25, -0.2) is 4.98 Å². The van der Waals surface area contributed by atoms with E-state index in [0.717, 1.165) is 27.4 Å². The summed E-state index contributed by atoms with van der Waals surface area (Å²) in [5.74, 6) is 0.751. The van der Waals surface area contributed by atoms with Gasteiger partial charge in [0.1, 0.15) is 24.3 Å². The van der Waals surface area contributed by atoms with Crippen LogP contribution in [0.4, 0.5) is 18.9 Å².